The summed E-state index contributed by atoms with van der Waals surface area (Å²) in [5, 5.41) is 7.21. The molecular weight excluding hydrogens is 1220 g/mol. The first-order valence-corrected chi connectivity index (χ1v) is 36.4. The van der Waals surface area contributed by atoms with Crippen molar-refractivity contribution in [2.24, 2.45) is 0 Å². The molecule has 0 amide bonds. The molecule has 2 nitrogen and oxygen atoms in total. The van der Waals surface area contributed by atoms with Crippen molar-refractivity contribution in [3.63, 3.8) is 0 Å². The van der Waals surface area contributed by atoms with Gasteiger partial charge in [-0.25, -0.2) is 0 Å². The molecule has 0 N–H and O–H groups in total. The van der Waals surface area contributed by atoms with E-state index in [-0.39, 0.29) is 33.8 Å². The quantitative estimate of drug-likeness (QED) is 0.144. The number of para-hydroxylation sites is 1. The van der Waals surface area contributed by atoms with Gasteiger partial charge < -0.3 is 9.47 Å². The monoisotopic (exact) mass is 1310 g/mol. The van der Waals surface area contributed by atoms with Crippen molar-refractivity contribution in [3.05, 3.63) is 307 Å². The topological polar surface area (TPSA) is 8.17 Å². The van der Waals surface area contributed by atoms with E-state index in [0.29, 0.717) is 0 Å². The van der Waals surface area contributed by atoms with Gasteiger partial charge in [-0.15, -0.1) is 0 Å². The average molecular weight is 1310 g/mol. The summed E-state index contributed by atoms with van der Waals surface area (Å²) in [5.41, 5.74) is 30.9. The molecule has 13 aromatic carbocycles. The first-order chi connectivity index (χ1) is 48.2. The summed E-state index contributed by atoms with van der Waals surface area (Å²) in [6.07, 6.45) is 0. The normalized spacial score (nSPS) is 13.1. The highest BCUT2D eigenvalue weighted by molar-refractivity contribution is 7.00. The lowest BCUT2D eigenvalue weighted by Gasteiger charge is -2.43. The summed E-state index contributed by atoms with van der Waals surface area (Å²) in [7, 11) is 0. The fraction of sp³-hybridized carbons (Fsp3) is 0.204. The van der Waals surface area contributed by atoms with Crippen molar-refractivity contribution in [1.82, 2.24) is 4.57 Å². The lowest BCUT2D eigenvalue weighted by Crippen LogP contribution is -2.60. The molecule has 1 aromatic heterocycles. The average Bonchev–Trinajstić information content (AvgIpc) is 1.48. The maximum absolute atomic E-state index is 2.75. The summed E-state index contributed by atoms with van der Waals surface area (Å²) >= 11 is 0. The molecule has 16 rings (SSSR count). The van der Waals surface area contributed by atoms with Gasteiger partial charge in [0.15, 0.2) is 0 Å². The molecule has 0 bridgehead atoms. The van der Waals surface area contributed by atoms with Gasteiger partial charge in [-0.1, -0.05) is 340 Å². The molecular formula is C98H91BN2. The molecule has 2 aliphatic rings. The molecule has 2 aliphatic heterocycles. The molecule has 3 heterocycles. The first-order valence-electron chi connectivity index (χ1n) is 36.4. The second kappa shape index (κ2) is 24.1. The van der Waals surface area contributed by atoms with E-state index in [0.717, 1.165) is 61.6 Å². The van der Waals surface area contributed by atoms with E-state index in [1.807, 2.05) is 0 Å². The van der Waals surface area contributed by atoms with Gasteiger partial charge in [0.25, 0.3) is 6.71 Å². The molecule has 0 unspecified atom stereocenters. The van der Waals surface area contributed by atoms with Gasteiger partial charge in [0.1, 0.15) is 0 Å². The fourth-order valence-electron chi connectivity index (χ4n) is 16.0. The number of fused-ring (bicyclic) bond motifs is 11. The third kappa shape index (κ3) is 11.6. The molecule has 0 saturated carbocycles. The molecule has 496 valence electrons. The Bertz CT molecular complexity index is 5570. The molecule has 0 spiro atoms. The number of benzene rings is 13. The minimum atomic E-state index is -0.253. The second-order valence-electron chi connectivity index (χ2n) is 33.8. The van der Waals surface area contributed by atoms with E-state index in [2.05, 4.69) is 392 Å². The summed E-state index contributed by atoms with van der Waals surface area (Å²) in [4.78, 5) is 2.75. The van der Waals surface area contributed by atoms with Crippen molar-refractivity contribution >= 4 is 83.5 Å². The van der Waals surface area contributed by atoms with E-state index >= 15 is 0 Å². The van der Waals surface area contributed by atoms with Crippen molar-refractivity contribution in [2.75, 3.05) is 4.90 Å². The summed E-state index contributed by atoms with van der Waals surface area (Å²) in [6, 6.07) is 108. The largest absolute Gasteiger partial charge is 0.310 e. The van der Waals surface area contributed by atoms with Crippen molar-refractivity contribution in [1.29, 1.82) is 0 Å². The maximum Gasteiger partial charge on any atom is 0.252 e. The molecule has 3 heteroatoms. The molecule has 0 aliphatic carbocycles. The van der Waals surface area contributed by atoms with Gasteiger partial charge in [0, 0.05) is 44.5 Å². The third-order valence-electron chi connectivity index (χ3n) is 21.7. The Hall–Kier alpha value is -10.5. The minimum absolute atomic E-state index is 0.0160. The zero-order valence-corrected chi connectivity index (χ0v) is 61.5. The van der Waals surface area contributed by atoms with Crippen LogP contribution in [0.15, 0.2) is 279 Å². The molecule has 0 saturated heterocycles. The van der Waals surface area contributed by atoms with Crippen LogP contribution in [0.4, 0.5) is 17.1 Å². The minimum Gasteiger partial charge on any atom is -0.310 e. The lowest BCUT2D eigenvalue weighted by molar-refractivity contribution is 0.568. The lowest BCUT2D eigenvalue weighted by atomic mass is 9.33. The molecule has 0 radical (unpaired) electrons. The van der Waals surface area contributed by atoms with Crippen LogP contribution in [-0.2, 0) is 27.1 Å². The highest BCUT2D eigenvalue weighted by Crippen LogP contribution is 2.53. The van der Waals surface area contributed by atoms with E-state index in [1.54, 1.807) is 0 Å². The van der Waals surface area contributed by atoms with Crippen LogP contribution in [0.3, 0.4) is 0 Å². The van der Waals surface area contributed by atoms with Gasteiger partial charge in [-0.2, -0.15) is 0 Å². The van der Waals surface area contributed by atoms with E-state index in [9.17, 15) is 0 Å². The van der Waals surface area contributed by atoms with Gasteiger partial charge in [0.2, 0.25) is 0 Å². The second-order valence-corrected chi connectivity index (χ2v) is 33.8. The Morgan fingerprint density at radius 2 is 0.604 bits per heavy atom. The fourth-order valence-corrected chi connectivity index (χ4v) is 16.0. The van der Waals surface area contributed by atoms with Crippen LogP contribution in [0, 0.1) is 0 Å². The number of aromatic nitrogens is 1. The van der Waals surface area contributed by atoms with Crippen LogP contribution in [0.2, 0.25) is 0 Å². The van der Waals surface area contributed by atoms with E-state index in [1.165, 1.54) is 115 Å². The first kappa shape index (κ1) is 65.2. The van der Waals surface area contributed by atoms with Crippen molar-refractivity contribution in [2.45, 2.75) is 131 Å². The zero-order valence-electron chi connectivity index (χ0n) is 61.5. The van der Waals surface area contributed by atoms with Crippen LogP contribution in [0.25, 0.3) is 116 Å². The molecule has 14 aromatic rings. The van der Waals surface area contributed by atoms with Crippen molar-refractivity contribution < 1.29 is 0 Å². The van der Waals surface area contributed by atoms with E-state index in [4.69, 9.17) is 0 Å². The highest BCUT2D eigenvalue weighted by Gasteiger charge is 2.44. The van der Waals surface area contributed by atoms with Crippen LogP contribution in [-0.4, -0.2) is 11.3 Å². The Morgan fingerprint density at radius 1 is 0.238 bits per heavy atom. The zero-order chi connectivity index (χ0) is 70.2. The van der Waals surface area contributed by atoms with Crippen LogP contribution in [0.1, 0.15) is 132 Å². The Balaban J connectivity index is 1.17. The van der Waals surface area contributed by atoms with Crippen LogP contribution < -0.4 is 21.3 Å². The number of rotatable bonds is 7. The Morgan fingerprint density at radius 3 is 1.10 bits per heavy atom. The SMILES string of the molecule is CC(C)(C)c1ccc(-c2cc3c4c(c2)c2ccccc2c2ccccc2c2ccccc2n4-c2cc(-c4cc(C(C)(C)C)cc(C(C)(C)C)c4)cc4c2B3c2ccc(-c3cc(C(C)(C)C)cc(C(C)(C)C)c3)cc2N4c2c(-c3ccccc3)cc(-c3ccccc3)cc2-c2ccccc2)cc1. The number of hydrogen-bond donors (Lipinski definition) is 0. The van der Waals surface area contributed by atoms with Gasteiger partial charge in [0.05, 0.1) is 11.2 Å². The molecule has 0 atom stereocenters. The number of nitrogens with zero attached hydrogens (tertiary/aromatic N) is 2. The maximum atomic E-state index is 2.75. The summed E-state index contributed by atoms with van der Waals surface area (Å²) in [6.45, 7) is 35.1. The molecule has 0 fully saturated rings. The standard InChI is InChI=1S/C98H91BN2/c1-94(2,3)72-46-43-63(44-47-72)70-55-84-80-40-28-26-38-78(80)77-37-25-27-39-79(77)81-41-29-30-42-87(81)100-89-58-71(68-51-75(97(10,11)12)61-76(52-68)98(13,14)15)59-90-91(89)99(86(56-70)93(84)100)85-48-45-66(67-49-73(95(4,5)6)60-74(50-67)96(7,8)9)57-88(85)101(90)92-82(64-33-21-17-22-34-64)53-69(62-31-19-16-20-32-62)54-83(92)65-35-23-18-24-36-65/h16-61H,1-15H3. The van der Waals surface area contributed by atoms with Gasteiger partial charge >= 0.3 is 0 Å². The van der Waals surface area contributed by atoms with Crippen LogP contribution in [0.5, 0.6) is 0 Å². The summed E-state index contributed by atoms with van der Waals surface area (Å²) < 4.78 is 2.72. The highest BCUT2D eigenvalue weighted by atomic mass is 15.2. The van der Waals surface area contributed by atoms with Crippen LogP contribution >= 0.6 is 0 Å². The van der Waals surface area contributed by atoms with Crippen molar-refractivity contribution in [3.8, 4) is 72.4 Å². The summed E-state index contributed by atoms with van der Waals surface area (Å²) in [5.74, 6) is 0. The smallest absolute Gasteiger partial charge is 0.252 e. The van der Waals surface area contributed by atoms with Gasteiger partial charge in [-0.3, -0.25) is 0 Å². The molecule has 101 heavy (non-hydrogen) atoms. The Labute approximate surface area is 599 Å². The van der Waals surface area contributed by atoms with E-state index < -0.39 is 0 Å². The number of hydrogen-bond acceptors (Lipinski definition) is 1. The number of anilines is 3. The predicted molar refractivity (Wildman–Crippen MR) is 439 cm³/mol. The van der Waals surface area contributed by atoms with Gasteiger partial charge in [-0.05, 0) is 191 Å². The third-order valence-corrected chi connectivity index (χ3v) is 21.7. The predicted octanol–water partition coefficient (Wildman–Crippen LogP) is 25.3. The Kier molecular flexibility index (Phi) is 15.6.